The van der Waals surface area contributed by atoms with E-state index in [1.165, 1.54) is 11.8 Å². The summed E-state index contributed by atoms with van der Waals surface area (Å²) < 4.78 is 7.46. The van der Waals surface area contributed by atoms with Crippen LogP contribution in [-0.4, -0.2) is 58.0 Å². The number of carbonyl (C=O) groups excluding carboxylic acids is 2. The zero-order chi connectivity index (χ0) is 21.7. The summed E-state index contributed by atoms with van der Waals surface area (Å²) >= 11 is 1.41. The smallest absolute Gasteiger partial charge is 0.228 e. The molecule has 9 heteroatoms. The maximum absolute atomic E-state index is 12.9. The third kappa shape index (κ3) is 5.20. The van der Waals surface area contributed by atoms with Crippen molar-refractivity contribution in [2.45, 2.75) is 44.6 Å². The van der Waals surface area contributed by atoms with Gasteiger partial charge in [-0.25, -0.2) is 0 Å². The summed E-state index contributed by atoms with van der Waals surface area (Å²) in [6.45, 7) is 11.3. The molecular formula is C21H29N5O3S. The Bertz CT molecular complexity index is 875. The maximum atomic E-state index is 12.9. The molecule has 0 bridgehead atoms. The lowest BCUT2D eigenvalue weighted by Crippen LogP contribution is -2.38. The van der Waals surface area contributed by atoms with Gasteiger partial charge in [-0.2, -0.15) is 0 Å². The van der Waals surface area contributed by atoms with Gasteiger partial charge in [0.15, 0.2) is 10.9 Å². The van der Waals surface area contributed by atoms with Crippen molar-refractivity contribution >= 4 is 35.1 Å². The van der Waals surface area contributed by atoms with Gasteiger partial charge in [0.2, 0.25) is 11.9 Å². The van der Waals surface area contributed by atoms with Gasteiger partial charge in [0, 0.05) is 36.8 Å². The lowest BCUT2D eigenvalue weighted by molar-refractivity contribution is -0.118. The Morgan fingerprint density at radius 1 is 1.13 bits per heavy atom. The van der Waals surface area contributed by atoms with Crippen LogP contribution in [0, 0.1) is 5.92 Å². The number of anilines is 2. The zero-order valence-electron chi connectivity index (χ0n) is 17.9. The Balaban J connectivity index is 1.67. The number of ketones is 1. The number of thioether (sulfide) groups is 1. The molecule has 1 aromatic carbocycles. The highest BCUT2D eigenvalue weighted by atomic mass is 32.2. The summed E-state index contributed by atoms with van der Waals surface area (Å²) in [4.78, 5) is 26.9. The van der Waals surface area contributed by atoms with Gasteiger partial charge in [-0.3, -0.25) is 14.2 Å². The molecule has 1 atom stereocenters. The molecule has 0 radical (unpaired) electrons. The second kappa shape index (κ2) is 10.1. The molecule has 30 heavy (non-hydrogen) atoms. The third-order valence-corrected chi connectivity index (χ3v) is 6.00. The highest BCUT2D eigenvalue weighted by molar-refractivity contribution is 8.00. The number of aromatic nitrogens is 3. The van der Waals surface area contributed by atoms with E-state index in [0.717, 1.165) is 30.7 Å². The van der Waals surface area contributed by atoms with Crippen molar-refractivity contribution < 1.29 is 14.3 Å². The number of amides is 1. The first-order chi connectivity index (χ1) is 14.4. The molecule has 0 saturated carbocycles. The fourth-order valence-electron chi connectivity index (χ4n) is 3.09. The van der Waals surface area contributed by atoms with Crippen LogP contribution in [0.5, 0.6) is 0 Å². The molecule has 3 rings (SSSR count). The minimum Gasteiger partial charge on any atom is -0.378 e. The molecule has 1 unspecified atom stereocenters. The van der Waals surface area contributed by atoms with E-state index in [9.17, 15) is 9.59 Å². The van der Waals surface area contributed by atoms with Crippen molar-refractivity contribution in [1.29, 1.82) is 0 Å². The topological polar surface area (TPSA) is 89.3 Å². The molecule has 1 fully saturated rings. The first-order valence-electron chi connectivity index (χ1n) is 10.3. The predicted molar refractivity (Wildman–Crippen MR) is 118 cm³/mol. The highest BCUT2D eigenvalue weighted by Gasteiger charge is 2.24. The van der Waals surface area contributed by atoms with Crippen molar-refractivity contribution in [2.75, 3.05) is 36.5 Å². The summed E-state index contributed by atoms with van der Waals surface area (Å²) in [6.07, 6.45) is 0. The van der Waals surface area contributed by atoms with Crippen molar-refractivity contribution in [2.24, 2.45) is 5.92 Å². The number of rotatable bonds is 8. The first-order valence-corrected chi connectivity index (χ1v) is 11.2. The quantitative estimate of drug-likeness (QED) is 0.507. The Kier molecular flexibility index (Phi) is 7.49. The minimum absolute atomic E-state index is 0.0142. The van der Waals surface area contributed by atoms with Crippen LogP contribution in [0.3, 0.4) is 0 Å². The summed E-state index contributed by atoms with van der Waals surface area (Å²) in [7, 11) is 0. The van der Waals surface area contributed by atoms with Crippen LogP contribution in [-0.2, 0) is 16.1 Å². The molecule has 0 spiro atoms. The maximum Gasteiger partial charge on any atom is 0.228 e. The van der Waals surface area contributed by atoms with Gasteiger partial charge in [0.25, 0.3) is 0 Å². The summed E-state index contributed by atoms with van der Waals surface area (Å²) in [5.41, 5.74) is 1.29. The van der Waals surface area contributed by atoms with E-state index in [1.54, 1.807) is 24.3 Å². The molecule has 1 saturated heterocycles. The van der Waals surface area contributed by atoms with Crippen LogP contribution < -0.4 is 10.2 Å². The van der Waals surface area contributed by atoms with Crippen molar-refractivity contribution in [3.8, 4) is 0 Å². The van der Waals surface area contributed by atoms with Gasteiger partial charge in [-0.15, -0.1) is 10.2 Å². The molecule has 2 aromatic rings. The summed E-state index contributed by atoms with van der Waals surface area (Å²) in [6, 6.07) is 7.02. The van der Waals surface area contributed by atoms with E-state index in [0.29, 0.717) is 24.5 Å². The third-order valence-electron chi connectivity index (χ3n) is 4.92. The molecule has 1 amide bonds. The highest BCUT2D eigenvalue weighted by Crippen LogP contribution is 2.28. The number of ether oxygens (including phenoxy) is 1. The van der Waals surface area contributed by atoms with Gasteiger partial charge in [-0.1, -0.05) is 25.6 Å². The van der Waals surface area contributed by atoms with Crippen LogP contribution in [0.4, 0.5) is 11.6 Å². The molecule has 1 N–H and O–H groups in total. The average Bonchev–Trinajstić information content (AvgIpc) is 3.16. The van der Waals surface area contributed by atoms with E-state index in [4.69, 9.17) is 4.74 Å². The fourth-order valence-corrected chi connectivity index (χ4v) is 4.08. The number of nitrogens with one attached hydrogen (secondary N) is 1. The van der Waals surface area contributed by atoms with Crippen LogP contribution >= 0.6 is 11.8 Å². The Morgan fingerprint density at radius 2 is 1.80 bits per heavy atom. The van der Waals surface area contributed by atoms with Crippen LogP contribution in [0.15, 0.2) is 29.4 Å². The lowest BCUT2D eigenvalue weighted by atomic mass is 10.1. The molecule has 1 aliphatic rings. The summed E-state index contributed by atoms with van der Waals surface area (Å²) in [5, 5.41) is 12.0. The second-order valence-corrected chi connectivity index (χ2v) is 8.78. The molecule has 1 aliphatic heterocycles. The lowest BCUT2D eigenvalue weighted by Gasteiger charge is -2.27. The number of benzene rings is 1. The standard InChI is InChI=1S/C21H29N5O3S/c1-5-26-20(25-10-12-29-13-11-25)23-24-21(26)30-15(4)18(27)16-6-8-17(9-7-16)22-19(28)14(2)3/h6-9,14-15H,5,10-13H2,1-4H3,(H,22,28). The van der Waals surface area contributed by atoms with E-state index in [2.05, 4.69) is 20.4 Å². The Labute approximate surface area is 181 Å². The number of hydrogen-bond donors (Lipinski definition) is 1. The SMILES string of the molecule is CCn1c(SC(C)C(=O)c2ccc(NC(=O)C(C)C)cc2)nnc1N1CCOCC1. The van der Waals surface area contributed by atoms with Crippen LogP contribution in [0.25, 0.3) is 0 Å². The van der Waals surface area contributed by atoms with E-state index < -0.39 is 0 Å². The van der Waals surface area contributed by atoms with E-state index in [-0.39, 0.29) is 22.9 Å². The van der Waals surface area contributed by atoms with Gasteiger partial charge in [0.05, 0.1) is 18.5 Å². The van der Waals surface area contributed by atoms with Crippen molar-refractivity contribution in [3.63, 3.8) is 0 Å². The summed E-state index contributed by atoms with van der Waals surface area (Å²) in [5.74, 6) is 0.697. The Morgan fingerprint density at radius 3 is 2.40 bits per heavy atom. The largest absolute Gasteiger partial charge is 0.378 e. The normalized spacial score (nSPS) is 15.3. The minimum atomic E-state index is -0.312. The molecule has 8 nitrogen and oxygen atoms in total. The molecule has 1 aromatic heterocycles. The van der Waals surface area contributed by atoms with Gasteiger partial charge >= 0.3 is 0 Å². The second-order valence-electron chi connectivity index (χ2n) is 7.47. The fraction of sp³-hybridized carbons (Fsp3) is 0.524. The van der Waals surface area contributed by atoms with Crippen LogP contribution in [0.2, 0.25) is 0 Å². The zero-order valence-corrected chi connectivity index (χ0v) is 18.7. The Hall–Kier alpha value is -2.39. The van der Waals surface area contributed by atoms with E-state index in [1.807, 2.05) is 32.3 Å². The van der Waals surface area contributed by atoms with Crippen molar-refractivity contribution in [3.05, 3.63) is 29.8 Å². The molecule has 162 valence electrons. The van der Waals surface area contributed by atoms with E-state index >= 15 is 0 Å². The average molecular weight is 432 g/mol. The number of morpholine rings is 1. The van der Waals surface area contributed by atoms with Gasteiger partial charge in [-0.05, 0) is 38.1 Å². The monoisotopic (exact) mass is 431 g/mol. The number of carbonyl (C=O) groups is 2. The first kappa shape index (κ1) is 22.3. The number of Topliss-reactive ketones (excluding diaryl/α,β-unsaturated/α-hetero) is 1. The van der Waals surface area contributed by atoms with Crippen LogP contribution in [0.1, 0.15) is 38.1 Å². The predicted octanol–water partition coefficient (Wildman–Crippen LogP) is 3.09. The molecule has 2 heterocycles. The number of nitrogens with zero attached hydrogens (tertiary/aromatic N) is 4. The van der Waals surface area contributed by atoms with Crippen molar-refractivity contribution in [1.82, 2.24) is 14.8 Å². The molecule has 0 aliphatic carbocycles. The molecular weight excluding hydrogens is 402 g/mol. The number of hydrogen-bond acceptors (Lipinski definition) is 7. The van der Waals surface area contributed by atoms with Gasteiger partial charge in [0.1, 0.15) is 0 Å². The van der Waals surface area contributed by atoms with Gasteiger partial charge < -0.3 is 15.0 Å².